The molecule has 0 aromatic heterocycles. The molecule has 0 fully saturated rings. The van der Waals surface area contributed by atoms with Gasteiger partial charge < -0.3 is 10.8 Å². The Bertz CT molecular complexity index is 874. The molecule has 0 heterocycles. The van der Waals surface area contributed by atoms with Crippen LogP contribution >= 0.6 is 11.6 Å². The molecule has 7 heteroatoms. The van der Waals surface area contributed by atoms with Crippen molar-refractivity contribution < 1.29 is 18.3 Å². The van der Waals surface area contributed by atoms with Gasteiger partial charge in [0.05, 0.1) is 15.5 Å². The van der Waals surface area contributed by atoms with E-state index in [1.165, 1.54) is 18.2 Å². The van der Waals surface area contributed by atoms with Gasteiger partial charge in [0.25, 0.3) is 5.91 Å². The van der Waals surface area contributed by atoms with Crippen LogP contribution in [0.3, 0.4) is 0 Å². The highest BCUT2D eigenvalue weighted by Gasteiger charge is 2.17. The van der Waals surface area contributed by atoms with Crippen molar-refractivity contribution in [2.75, 3.05) is 6.26 Å². The summed E-state index contributed by atoms with van der Waals surface area (Å²) in [6, 6.07) is 7.94. The first-order valence-electron chi connectivity index (χ1n) is 6.71. The molecule has 2 aromatic carbocycles. The summed E-state index contributed by atoms with van der Waals surface area (Å²) >= 11 is 6.05. The van der Waals surface area contributed by atoms with E-state index in [1.807, 2.05) is 0 Å². The zero-order chi connectivity index (χ0) is 17.4. The van der Waals surface area contributed by atoms with Crippen molar-refractivity contribution in [1.29, 1.82) is 0 Å². The lowest BCUT2D eigenvalue weighted by atomic mass is 9.97. The maximum Gasteiger partial charge on any atom is 0.252 e. The molecule has 0 saturated heterocycles. The number of hydrogen-bond donors (Lipinski definition) is 2. The van der Waals surface area contributed by atoms with Gasteiger partial charge in [0.15, 0.2) is 9.84 Å². The first kappa shape index (κ1) is 17.3. The van der Waals surface area contributed by atoms with Gasteiger partial charge in [-0.1, -0.05) is 23.7 Å². The van der Waals surface area contributed by atoms with Crippen LogP contribution in [0.2, 0.25) is 5.02 Å². The number of carbonyl (C=O) groups is 1. The third kappa shape index (κ3) is 3.65. The van der Waals surface area contributed by atoms with Gasteiger partial charge in [-0.2, -0.15) is 0 Å². The molecule has 2 rings (SSSR count). The fourth-order valence-corrected chi connectivity index (χ4v) is 3.09. The van der Waals surface area contributed by atoms with E-state index in [0.29, 0.717) is 12.0 Å². The third-order valence-corrected chi connectivity index (χ3v) is 5.19. The minimum atomic E-state index is -3.25. The number of rotatable bonds is 4. The summed E-state index contributed by atoms with van der Waals surface area (Å²) in [7, 11) is -3.25. The van der Waals surface area contributed by atoms with Crippen LogP contribution < -0.4 is 5.73 Å². The van der Waals surface area contributed by atoms with Gasteiger partial charge in [-0.05, 0) is 48.2 Å². The average Bonchev–Trinajstić information content (AvgIpc) is 2.47. The van der Waals surface area contributed by atoms with E-state index in [1.54, 1.807) is 19.1 Å². The van der Waals surface area contributed by atoms with Gasteiger partial charge in [-0.3, -0.25) is 4.79 Å². The molecule has 0 aliphatic rings. The van der Waals surface area contributed by atoms with E-state index in [9.17, 15) is 18.3 Å². The number of sulfone groups is 1. The van der Waals surface area contributed by atoms with Crippen LogP contribution in [0.5, 0.6) is 5.75 Å². The molecular weight excluding hydrogens is 338 g/mol. The van der Waals surface area contributed by atoms with Crippen LogP contribution in [0.25, 0.3) is 0 Å². The van der Waals surface area contributed by atoms with Crippen LogP contribution in [0.4, 0.5) is 0 Å². The highest BCUT2D eigenvalue weighted by molar-refractivity contribution is 7.90. The minimum Gasteiger partial charge on any atom is -0.506 e. The van der Waals surface area contributed by atoms with Crippen molar-refractivity contribution in [3.63, 3.8) is 0 Å². The minimum absolute atomic E-state index is 0.0386. The van der Waals surface area contributed by atoms with Crippen molar-refractivity contribution in [3.8, 4) is 5.75 Å². The highest BCUT2D eigenvalue weighted by Crippen LogP contribution is 2.34. The number of benzene rings is 2. The number of hydrogen-bond acceptors (Lipinski definition) is 4. The van der Waals surface area contributed by atoms with Gasteiger partial charge in [0.1, 0.15) is 5.75 Å². The van der Waals surface area contributed by atoms with E-state index < -0.39 is 15.7 Å². The molecule has 2 aromatic rings. The number of amides is 1. The predicted molar refractivity (Wildman–Crippen MR) is 88.7 cm³/mol. The van der Waals surface area contributed by atoms with Crippen molar-refractivity contribution in [2.45, 2.75) is 18.2 Å². The van der Waals surface area contributed by atoms with Gasteiger partial charge in [-0.15, -0.1) is 0 Å². The second kappa shape index (κ2) is 6.22. The molecule has 122 valence electrons. The molecule has 0 atom stereocenters. The van der Waals surface area contributed by atoms with E-state index >= 15 is 0 Å². The molecule has 0 aliphatic carbocycles. The largest absolute Gasteiger partial charge is 0.506 e. The number of primary amides is 1. The molecule has 0 radical (unpaired) electrons. The Hall–Kier alpha value is -2.05. The number of aromatic hydroxyl groups is 1. The smallest absolute Gasteiger partial charge is 0.252 e. The van der Waals surface area contributed by atoms with E-state index in [0.717, 1.165) is 17.4 Å². The maximum absolute atomic E-state index is 11.5. The SMILES string of the molecule is Cc1c(Cc2ccc(S(C)(=O)=O)cc2)cc(C(N)=O)c(O)c1Cl. The standard InChI is InChI=1S/C16H16ClNO4S/c1-9-11(8-13(16(18)20)15(19)14(9)17)7-10-3-5-12(6-4-10)23(2,21)22/h3-6,8,19H,7H2,1-2H3,(H2,18,20). The molecule has 1 amide bonds. The van der Waals surface area contributed by atoms with E-state index in [2.05, 4.69) is 0 Å². The summed E-state index contributed by atoms with van der Waals surface area (Å²) in [4.78, 5) is 11.6. The van der Waals surface area contributed by atoms with Crippen LogP contribution in [0, 0.1) is 6.92 Å². The summed E-state index contributed by atoms with van der Waals surface area (Å²) in [5.41, 5.74) is 7.42. The third-order valence-electron chi connectivity index (χ3n) is 3.60. The first-order valence-corrected chi connectivity index (χ1v) is 8.98. The summed E-state index contributed by atoms with van der Waals surface area (Å²) < 4.78 is 22.9. The van der Waals surface area contributed by atoms with E-state index in [-0.39, 0.29) is 21.2 Å². The lowest BCUT2D eigenvalue weighted by Crippen LogP contribution is -2.12. The maximum atomic E-state index is 11.5. The molecule has 0 unspecified atom stereocenters. The quantitative estimate of drug-likeness (QED) is 0.882. The fourth-order valence-electron chi connectivity index (χ4n) is 2.23. The summed E-state index contributed by atoms with van der Waals surface area (Å²) in [5.74, 6) is -1.09. The van der Waals surface area contributed by atoms with Crippen molar-refractivity contribution in [3.05, 3.63) is 57.6 Å². The molecule has 0 spiro atoms. The Balaban J connectivity index is 2.42. The topological polar surface area (TPSA) is 97.5 Å². The van der Waals surface area contributed by atoms with Crippen molar-refractivity contribution in [2.24, 2.45) is 5.73 Å². The fraction of sp³-hybridized carbons (Fsp3) is 0.188. The second-order valence-corrected chi connectivity index (χ2v) is 7.72. The average molecular weight is 354 g/mol. The van der Waals surface area contributed by atoms with Crippen LogP contribution in [-0.2, 0) is 16.3 Å². The molecule has 5 nitrogen and oxygen atoms in total. The highest BCUT2D eigenvalue weighted by atomic mass is 35.5. The zero-order valence-corrected chi connectivity index (χ0v) is 14.2. The summed E-state index contributed by atoms with van der Waals surface area (Å²) in [6.45, 7) is 1.73. The molecule has 0 saturated carbocycles. The molecule has 0 aliphatic heterocycles. The Kier molecular flexibility index (Phi) is 4.68. The van der Waals surface area contributed by atoms with Crippen LogP contribution in [0.1, 0.15) is 27.0 Å². The van der Waals surface area contributed by atoms with E-state index in [4.69, 9.17) is 17.3 Å². The Morgan fingerprint density at radius 2 is 1.83 bits per heavy atom. The van der Waals surface area contributed by atoms with Crippen LogP contribution in [0.15, 0.2) is 35.2 Å². The van der Waals surface area contributed by atoms with Gasteiger partial charge in [-0.25, -0.2) is 8.42 Å². The first-order chi connectivity index (χ1) is 10.6. The number of carbonyl (C=O) groups excluding carboxylic acids is 1. The molecule has 3 N–H and O–H groups in total. The number of nitrogens with two attached hydrogens (primary N) is 1. The van der Waals surface area contributed by atoms with Crippen molar-refractivity contribution in [1.82, 2.24) is 0 Å². The Morgan fingerprint density at radius 1 is 1.26 bits per heavy atom. The molecule has 0 bridgehead atoms. The second-order valence-electron chi connectivity index (χ2n) is 5.33. The number of halogens is 1. The lowest BCUT2D eigenvalue weighted by molar-refractivity contribution is 0.0997. The summed E-state index contributed by atoms with van der Waals surface area (Å²) in [5, 5.41) is 9.95. The zero-order valence-electron chi connectivity index (χ0n) is 12.6. The van der Waals surface area contributed by atoms with Crippen LogP contribution in [-0.4, -0.2) is 25.7 Å². The van der Waals surface area contributed by atoms with Crippen molar-refractivity contribution >= 4 is 27.3 Å². The van der Waals surface area contributed by atoms with Gasteiger partial charge in [0.2, 0.25) is 0 Å². The number of phenols is 1. The Morgan fingerprint density at radius 3 is 2.30 bits per heavy atom. The predicted octanol–water partition coefficient (Wildman–Crippen LogP) is 2.45. The molecule has 23 heavy (non-hydrogen) atoms. The lowest BCUT2D eigenvalue weighted by Gasteiger charge is -2.12. The normalized spacial score (nSPS) is 11.4. The van der Waals surface area contributed by atoms with Gasteiger partial charge >= 0.3 is 0 Å². The summed E-state index contributed by atoms with van der Waals surface area (Å²) in [6.07, 6.45) is 1.57. The molecular formula is C16H16ClNO4S. The Labute approximate surface area is 139 Å². The van der Waals surface area contributed by atoms with Gasteiger partial charge in [0, 0.05) is 6.26 Å². The monoisotopic (exact) mass is 353 g/mol.